The summed E-state index contributed by atoms with van der Waals surface area (Å²) in [6.45, 7) is 4.13. The Morgan fingerprint density at radius 1 is 0.857 bits per heavy atom. The standard InChI is InChI=1S/C28H24N6S/c1-19-13-15-23(16-14-19)33-20(2)27(30-32-33)24-17-26(22-11-7-4-8-12-22)34(31-24)28-29-25(18-35-28)21-9-5-3-6-10-21/h3-16,18,26H,17H2,1-2H3. The summed E-state index contributed by atoms with van der Waals surface area (Å²) in [5.41, 5.74) is 8.20. The zero-order chi connectivity index (χ0) is 23.8. The monoisotopic (exact) mass is 476 g/mol. The minimum Gasteiger partial charge on any atom is -0.231 e. The van der Waals surface area contributed by atoms with E-state index in [2.05, 4.69) is 90.2 Å². The highest BCUT2D eigenvalue weighted by Crippen LogP contribution is 2.39. The zero-order valence-electron chi connectivity index (χ0n) is 19.5. The van der Waals surface area contributed by atoms with Gasteiger partial charge in [-0.25, -0.2) is 14.7 Å². The van der Waals surface area contributed by atoms with Crippen molar-refractivity contribution in [2.75, 3.05) is 5.01 Å². The SMILES string of the molecule is Cc1ccc(-n2nnc(C3=NN(c4nc(-c5ccccc5)cs4)C(c4ccccc4)C3)c2C)cc1. The molecule has 1 aliphatic heterocycles. The van der Waals surface area contributed by atoms with Crippen LogP contribution in [-0.4, -0.2) is 25.7 Å². The van der Waals surface area contributed by atoms with Gasteiger partial charge >= 0.3 is 0 Å². The topological polar surface area (TPSA) is 59.2 Å². The third-order valence-electron chi connectivity index (χ3n) is 6.30. The normalized spacial score (nSPS) is 15.4. The van der Waals surface area contributed by atoms with Crippen molar-refractivity contribution in [3.05, 3.63) is 113 Å². The number of anilines is 1. The van der Waals surface area contributed by atoms with E-state index in [-0.39, 0.29) is 6.04 Å². The molecule has 3 aromatic carbocycles. The van der Waals surface area contributed by atoms with Crippen LogP contribution in [0.3, 0.4) is 0 Å². The van der Waals surface area contributed by atoms with Gasteiger partial charge < -0.3 is 0 Å². The Bertz CT molecular complexity index is 1490. The maximum atomic E-state index is 5.06. The molecule has 7 heteroatoms. The van der Waals surface area contributed by atoms with Crippen molar-refractivity contribution in [1.82, 2.24) is 20.0 Å². The first kappa shape index (κ1) is 21.4. The first-order chi connectivity index (χ1) is 17.2. The van der Waals surface area contributed by atoms with Crippen LogP contribution in [0.1, 0.15) is 35.0 Å². The Kier molecular flexibility index (Phi) is 5.47. The van der Waals surface area contributed by atoms with Gasteiger partial charge in [0.15, 0.2) is 0 Å². The van der Waals surface area contributed by atoms with Crippen molar-refractivity contribution in [2.24, 2.45) is 5.10 Å². The lowest BCUT2D eigenvalue weighted by Gasteiger charge is -2.21. The second kappa shape index (κ2) is 8.92. The van der Waals surface area contributed by atoms with E-state index >= 15 is 0 Å². The van der Waals surface area contributed by atoms with E-state index in [0.717, 1.165) is 45.6 Å². The maximum absolute atomic E-state index is 5.06. The largest absolute Gasteiger partial charge is 0.231 e. The van der Waals surface area contributed by atoms with Gasteiger partial charge in [0.25, 0.3) is 0 Å². The molecule has 6 nitrogen and oxygen atoms in total. The van der Waals surface area contributed by atoms with E-state index in [1.165, 1.54) is 11.1 Å². The van der Waals surface area contributed by atoms with Gasteiger partial charge in [0.1, 0.15) is 5.69 Å². The first-order valence-electron chi connectivity index (χ1n) is 11.6. The van der Waals surface area contributed by atoms with Crippen LogP contribution in [-0.2, 0) is 0 Å². The summed E-state index contributed by atoms with van der Waals surface area (Å²) >= 11 is 1.61. The number of hydrogen-bond acceptors (Lipinski definition) is 6. The molecule has 35 heavy (non-hydrogen) atoms. The summed E-state index contributed by atoms with van der Waals surface area (Å²) in [5, 5.41) is 19.1. The molecule has 0 spiro atoms. The Morgan fingerprint density at radius 2 is 1.57 bits per heavy atom. The number of aromatic nitrogens is 4. The van der Waals surface area contributed by atoms with Crippen LogP contribution in [0.4, 0.5) is 5.13 Å². The molecule has 5 aromatic rings. The third-order valence-corrected chi connectivity index (χ3v) is 7.13. The lowest BCUT2D eigenvalue weighted by molar-refractivity contribution is 0.706. The highest BCUT2D eigenvalue weighted by Gasteiger charge is 2.33. The average Bonchev–Trinajstić information content (AvgIpc) is 3.64. The fourth-order valence-electron chi connectivity index (χ4n) is 4.40. The van der Waals surface area contributed by atoms with E-state index in [9.17, 15) is 0 Å². The molecule has 2 aromatic heterocycles. The highest BCUT2D eigenvalue weighted by molar-refractivity contribution is 7.14. The molecule has 0 saturated heterocycles. The van der Waals surface area contributed by atoms with Gasteiger partial charge in [-0.1, -0.05) is 83.6 Å². The minimum absolute atomic E-state index is 0.0462. The molecule has 1 unspecified atom stereocenters. The number of nitrogens with zero attached hydrogens (tertiary/aromatic N) is 6. The van der Waals surface area contributed by atoms with Crippen molar-refractivity contribution < 1.29 is 0 Å². The number of benzene rings is 3. The van der Waals surface area contributed by atoms with Crippen LogP contribution >= 0.6 is 11.3 Å². The first-order valence-corrected chi connectivity index (χ1v) is 12.5. The van der Waals surface area contributed by atoms with Gasteiger partial charge in [0.2, 0.25) is 5.13 Å². The lowest BCUT2D eigenvalue weighted by atomic mass is 10.0. The molecule has 1 atom stereocenters. The van der Waals surface area contributed by atoms with Crippen LogP contribution in [0.5, 0.6) is 0 Å². The van der Waals surface area contributed by atoms with E-state index in [0.29, 0.717) is 0 Å². The summed E-state index contributed by atoms with van der Waals surface area (Å²) in [5.74, 6) is 0. The van der Waals surface area contributed by atoms with E-state index in [4.69, 9.17) is 10.1 Å². The maximum Gasteiger partial charge on any atom is 0.207 e. The van der Waals surface area contributed by atoms with Crippen LogP contribution < -0.4 is 5.01 Å². The van der Waals surface area contributed by atoms with E-state index in [1.54, 1.807) is 11.3 Å². The molecule has 3 heterocycles. The molecular formula is C28H24N6S. The summed E-state index contributed by atoms with van der Waals surface area (Å²) in [7, 11) is 0. The zero-order valence-corrected chi connectivity index (χ0v) is 20.4. The molecule has 172 valence electrons. The van der Waals surface area contributed by atoms with Crippen molar-refractivity contribution in [3.8, 4) is 16.9 Å². The molecule has 0 fully saturated rings. The van der Waals surface area contributed by atoms with Gasteiger partial charge in [-0.15, -0.1) is 16.4 Å². The van der Waals surface area contributed by atoms with E-state index in [1.807, 2.05) is 34.0 Å². The molecule has 0 saturated carbocycles. The molecule has 6 rings (SSSR count). The van der Waals surface area contributed by atoms with Crippen LogP contribution in [0, 0.1) is 13.8 Å². The Balaban J connectivity index is 1.38. The highest BCUT2D eigenvalue weighted by atomic mass is 32.1. The third kappa shape index (κ3) is 4.04. The summed E-state index contributed by atoms with van der Waals surface area (Å²) in [4.78, 5) is 4.95. The molecule has 0 N–H and O–H groups in total. The Morgan fingerprint density at radius 3 is 2.31 bits per heavy atom. The second-order valence-corrected chi connectivity index (χ2v) is 9.51. The van der Waals surface area contributed by atoms with Gasteiger partial charge in [-0.3, -0.25) is 0 Å². The summed E-state index contributed by atoms with van der Waals surface area (Å²) in [6.07, 6.45) is 0.734. The number of rotatable bonds is 5. The molecule has 0 aliphatic carbocycles. The van der Waals surface area contributed by atoms with Crippen molar-refractivity contribution in [1.29, 1.82) is 0 Å². The summed E-state index contributed by atoms with van der Waals surface area (Å²) in [6, 6.07) is 29.1. The fourth-order valence-corrected chi connectivity index (χ4v) is 5.24. The Labute approximate surface area is 208 Å². The van der Waals surface area contributed by atoms with Gasteiger partial charge in [-0.2, -0.15) is 5.10 Å². The minimum atomic E-state index is 0.0462. The number of thiazole rings is 1. The quantitative estimate of drug-likeness (QED) is 0.296. The van der Waals surface area contributed by atoms with Crippen LogP contribution in [0.25, 0.3) is 16.9 Å². The number of hydrogen-bond donors (Lipinski definition) is 0. The molecule has 0 amide bonds. The molecule has 1 aliphatic rings. The average molecular weight is 477 g/mol. The van der Waals surface area contributed by atoms with Crippen LogP contribution in [0.2, 0.25) is 0 Å². The van der Waals surface area contributed by atoms with Gasteiger partial charge in [0.05, 0.1) is 28.8 Å². The van der Waals surface area contributed by atoms with Crippen molar-refractivity contribution in [3.63, 3.8) is 0 Å². The second-order valence-electron chi connectivity index (χ2n) is 8.67. The molecular weight excluding hydrogens is 452 g/mol. The van der Waals surface area contributed by atoms with Crippen molar-refractivity contribution in [2.45, 2.75) is 26.3 Å². The van der Waals surface area contributed by atoms with Crippen molar-refractivity contribution >= 4 is 22.2 Å². The fraction of sp³-hybridized carbons (Fsp3) is 0.143. The molecule has 0 radical (unpaired) electrons. The number of aryl methyl sites for hydroxylation is 1. The van der Waals surface area contributed by atoms with Gasteiger partial charge in [0, 0.05) is 17.4 Å². The van der Waals surface area contributed by atoms with Gasteiger partial charge in [-0.05, 0) is 31.5 Å². The van der Waals surface area contributed by atoms with E-state index < -0.39 is 0 Å². The smallest absolute Gasteiger partial charge is 0.207 e. The molecule has 0 bridgehead atoms. The Hall–Kier alpha value is -4.10. The predicted molar refractivity (Wildman–Crippen MR) is 141 cm³/mol. The summed E-state index contributed by atoms with van der Waals surface area (Å²) < 4.78 is 1.88. The predicted octanol–water partition coefficient (Wildman–Crippen LogP) is 6.36. The number of hydrazone groups is 1. The van der Waals surface area contributed by atoms with Crippen LogP contribution in [0.15, 0.2) is 95.4 Å². The lowest BCUT2D eigenvalue weighted by Crippen LogP contribution is -2.18.